The maximum atomic E-state index is 5.94. The fourth-order valence-electron chi connectivity index (χ4n) is 3.27. The minimum Gasteiger partial charge on any atom is -0.347 e. The van der Waals surface area contributed by atoms with Gasteiger partial charge in [0.15, 0.2) is 5.79 Å². The number of pyridine rings is 1. The summed E-state index contributed by atoms with van der Waals surface area (Å²) in [6, 6.07) is 6.13. The van der Waals surface area contributed by atoms with Crippen LogP contribution in [0.1, 0.15) is 37.8 Å². The van der Waals surface area contributed by atoms with E-state index in [0.29, 0.717) is 5.92 Å². The maximum absolute atomic E-state index is 5.94. The zero-order chi connectivity index (χ0) is 12.3. The molecule has 1 saturated heterocycles. The average molecular weight is 247 g/mol. The number of hydrogen-bond donors (Lipinski definition) is 0. The van der Waals surface area contributed by atoms with Crippen molar-refractivity contribution in [1.29, 1.82) is 0 Å². The Kier molecular flexibility index (Phi) is 3.62. The molecular formula is C15H21NO2. The first-order valence-corrected chi connectivity index (χ1v) is 7.07. The molecule has 0 aromatic carbocycles. The lowest BCUT2D eigenvalue weighted by Crippen LogP contribution is -2.42. The maximum Gasteiger partial charge on any atom is 0.171 e. The van der Waals surface area contributed by atoms with Gasteiger partial charge in [0.05, 0.1) is 13.2 Å². The van der Waals surface area contributed by atoms with Crippen molar-refractivity contribution in [2.24, 2.45) is 5.92 Å². The molecule has 2 fully saturated rings. The molecular weight excluding hydrogens is 226 g/mol. The summed E-state index contributed by atoms with van der Waals surface area (Å²) in [5, 5.41) is 0. The number of ether oxygens (including phenoxy) is 2. The molecule has 18 heavy (non-hydrogen) atoms. The monoisotopic (exact) mass is 247 g/mol. The molecule has 0 bridgehead atoms. The minimum atomic E-state index is -0.257. The van der Waals surface area contributed by atoms with Crippen LogP contribution in [0.4, 0.5) is 0 Å². The molecule has 1 spiro atoms. The number of nitrogens with zero attached hydrogens (tertiary/aromatic N) is 1. The van der Waals surface area contributed by atoms with E-state index in [2.05, 4.69) is 17.1 Å². The molecule has 1 atom stereocenters. The van der Waals surface area contributed by atoms with E-state index in [4.69, 9.17) is 9.47 Å². The molecule has 0 radical (unpaired) electrons. The van der Waals surface area contributed by atoms with Crippen LogP contribution < -0.4 is 0 Å². The van der Waals surface area contributed by atoms with Gasteiger partial charge < -0.3 is 9.47 Å². The van der Waals surface area contributed by atoms with Gasteiger partial charge in [0.2, 0.25) is 0 Å². The van der Waals surface area contributed by atoms with E-state index in [9.17, 15) is 0 Å². The third-order valence-electron chi connectivity index (χ3n) is 4.20. The van der Waals surface area contributed by atoms with Crippen LogP contribution in [0.2, 0.25) is 0 Å². The zero-order valence-corrected chi connectivity index (χ0v) is 10.8. The Morgan fingerprint density at radius 2 is 2.11 bits per heavy atom. The molecule has 0 N–H and O–H groups in total. The molecule has 1 aromatic heterocycles. The van der Waals surface area contributed by atoms with Crippen LogP contribution in [0.15, 0.2) is 24.4 Å². The van der Waals surface area contributed by atoms with Crippen molar-refractivity contribution in [3.8, 4) is 0 Å². The predicted octanol–water partition coefficient (Wildman–Crippen LogP) is 2.95. The molecule has 1 aliphatic carbocycles. The van der Waals surface area contributed by atoms with Crippen LogP contribution in [0.25, 0.3) is 0 Å². The Balaban J connectivity index is 1.63. The molecule has 0 unspecified atom stereocenters. The number of aromatic nitrogens is 1. The van der Waals surface area contributed by atoms with Gasteiger partial charge in [-0.25, -0.2) is 0 Å². The summed E-state index contributed by atoms with van der Waals surface area (Å²) in [5.74, 6) is 0.281. The second-order valence-electron chi connectivity index (χ2n) is 5.31. The van der Waals surface area contributed by atoms with E-state index in [1.54, 1.807) is 0 Å². The lowest BCUT2D eigenvalue weighted by atomic mass is 9.80. The number of rotatable bonds is 3. The lowest BCUT2D eigenvalue weighted by Gasteiger charge is -2.39. The molecule has 1 saturated carbocycles. The highest BCUT2D eigenvalue weighted by atomic mass is 16.7. The standard InChI is InChI=1S/C15H21NO2/c1-3-9-15(17-11-12-18-15)13(5-1)7-8-14-6-2-4-10-16-14/h2,4,6,10,13H,1,3,5,7-9,11-12H2/t13-/m1/s1. The van der Waals surface area contributed by atoms with Gasteiger partial charge in [0.1, 0.15) is 0 Å². The Morgan fingerprint density at radius 1 is 1.22 bits per heavy atom. The molecule has 98 valence electrons. The molecule has 2 aliphatic rings. The summed E-state index contributed by atoms with van der Waals surface area (Å²) in [6.07, 6.45) is 8.86. The largest absolute Gasteiger partial charge is 0.347 e. The fraction of sp³-hybridized carbons (Fsp3) is 0.667. The van der Waals surface area contributed by atoms with Gasteiger partial charge in [-0.05, 0) is 37.8 Å². The Morgan fingerprint density at radius 3 is 2.89 bits per heavy atom. The summed E-state index contributed by atoms with van der Waals surface area (Å²) >= 11 is 0. The Bertz CT molecular complexity index is 373. The van der Waals surface area contributed by atoms with Crippen molar-refractivity contribution >= 4 is 0 Å². The topological polar surface area (TPSA) is 31.4 Å². The molecule has 3 nitrogen and oxygen atoms in total. The summed E-state index contributed by atoms with van der Waals surface area (Å²) < 4.78 is 11.9. The summed E-state index contributed by atoms with van der Waals surface area (Å²) in [5.41, 5.74) is 1.18. The second-order valence-corrected chi connectivity index (χ2v) is 5.31. The van der Waals surface area contributed by atoms with Gasteiger partial charge in [0, 0.05) is 24.2 Å². The summed E-state index contributed by atoms with van der Waals surface area (Å²) in [6.45, 7) is 1.53. The van der Waals surface area contributed by atoms with Crippen molar-refractivity contribution in [3.63, 3.8) is 0 Å². The molecule has 2 heterocycles. The van der Waals surface area contributed by atoms with Gasteiger partial charge in [-0.15, -0.1) is 0 Å². The van der Waals surface area contributed by atoms with Crippen molar-refractivity contribution in [2.45, 2.75) is 44.3 Å². The number of aryl methyl sites for hydroxylation is 1. The first kappa shape index (κ1) is 12.1. The van der Waals surface area contributed by atoms with Crippen molar-refractivity contribution in [1.82, 2.24) is 4.98 Å². The highest BCUT2D eigenvalue weighted by Crippen LogP contribution is 2.42. The molecule has 1 aromatic rings. The van der Waals surface area contributed by atoms with Gasteiger partial charge in [0.25, 0.3) is 0 Å². The minimum absolute atomic E-state index is 0.257. The number of hydrogen-bond acceptors (Lipinski definition) is 3. The second kappa shape index (κ2) is 5.37. The smallest absolute Gasteiger partial charge is 0.171 e. The van der Waals surface area contributed by atoms with Crippen LogP contribution in [-0.4, -0.2) is 24.0 Å². The predicted molar refractivity (Wildman–Crippen MR) is 69.2 cm³/mol. The molecule has 1 aliphatic heterocycles. The van der Waals surface area contributed by atoms with Crippen LogP contribution in [0.3, 0.4) is 0 Å². The van der Waals surface area contributed by atoms with E-state index in [1.165, 1.54) is 25.0 Å². The van der Waals surface area contributed by atoms with Gasteiger partial charge in [-0.1, -0.05) is 12.5 Å². The van der Waals surface area contributed by atoms with Gasteiger partial charge in [-0.2, -0.15) is 0 Å². The summed E-state index contributed by atoms with van der Waals surface area (Å²) in [4.78, 5) is 4.40. The molecule has 0 amide bonds. The van der Waals surface area contributed by atoms with E-state index in [1.807, 2.05) is 12.3 Å². The third-order valence-corrected chi connectivity index (χ3v) is 4.20. The van der Waals surface area contributed by atoms with E-state index in [-0.39, 0.29) is 5.79 Å². The van der Waals surface area contributed by atoms with E-state index >= 15 is 0 Å². The van der Waals surface area contributed by atoms with Crippen molar-refractivity contribution in [3.05, 3.63) is 30.1 Å². The van der Waals surface area contributed by atoms with E-state index in [0.717, 1.165) is 32.5 Å². The quantitative estimate of drug-likeness (QED) is 0.823. The van der Waals surface area contributed by atoms with Crippen LogP contribution in [0, 0.1) is 5.92 Å². The van der Waals surface area contributed by atoms with E-state index < -0.39 is 0 Å². The lowest BCUT2D eigenvalue weighted by molar-refractivity contribution is -0.213. The van der Waals surface area contributed by atoms with Gasteiger partial charge in [-0.3, -0.25) is 4.98 Å². The molecule has 3 rings (SSSR count). The van der Waals surface area contributed by atoms with Crippen LogP contribution >= 0.6 is 0 Å². The first-order valence-electron chi connectivity index (χ1n) is 7.07. The highest BCUT2D eigenvalue weighted by Gasteiger charge is 2.45. The SMILES string of the molecule is c1ccc(CC[C@H]2CCCCC23OCCO3)nc1. The third kappa shape index (κ3) is 2.43. The highest BCUT2D eigenvalue weighted by molar-refractivity contribution is 5.04. The fourth-order valence-corrected chi connectivity index (χ4v) is 3.27. The average Bonchev–Trinajstić information content (AvgIpc) is 2.88. The van der Waals surface area contributed by atoms with Crippen molar-refractivity contribution in [2.75, 3.05) is 13.2 Å². The van der Waals surface area contributed by atoms with Crippen molar-refractivity contribution < 1.29 is 9.47 Å². The Hall–Kier alpha value is -0.930. The zero-order valence-electron chi connectivity index (χ0n) is 10.8. The molecule has 3 heteroatoms. The Labute approximate surface area is 109 Å². The van der Waals surface area contributed by atoms with Crippen LogP contribution in [0.5, 0.6) is 0 Å². The normalized spacial score (nSPS) is 26.6. The summed E-state index contributed by atoms with van der Waals surface area (Å²) in [7, 11) is 0. The first-order chi connectivity index (χ1) is 8.89. The van der Waals surface area contributed by atoms with Gasteiger partial charge >= 0.3 is 0 Å². The van der Waals surface area contributed by atoms with Crippen LogP contribution in [-0.2, 0) is 15.9 Å².